The van der Waals surface area contributed by atoms with Gasteiger partial charge in [0.05, 0.1) is 12.2 Å². The highest BCUT2D eigenvalue weighted by molar-refractivity contribution is 4.82. The largest absolute Gasteiger partial charge is 0.374 e. The standard InChI is InChI=1S/C16H33NO/c1-4-6-7-8-10-14(3)18-16(9-5-2)13-17-15-11-12-15/h14-17H,4-13H2,1-3H3. The average Bonchev–Trinajstić information content (AvgIpc) is 3.16. The molecule has 0 aliphatic heterocycles. The van der Waals surface area contributed by atoms with Gasteiger partial charge in [0.1, 0.15) is 0 Å². The normalized spacial score (nSPS) is 18.8. The van der Waals surface area contributed by atoms with Gasteiger partial charge in [0.15, 0.2) is 0 Å². The van der Waals surface area contributed by atoms with Crippen LogP contribution in [0.2, 0.25) is 0 Å². The second-order valence-electron chi connectivity index (χ2n) is 5.89. The number of nitrogens with one attached hydrogen (secondary N) is 1. The Morgan fingerprint density at radius 1 is 1.06 bits per heavy atom. The first-order valence-electron chi connectivity index (χ1n) is 8.15. The van der Waals surface area contributed by atoms with Crippen LogP contribution in [0.1, 0.15) is 78.6 Å². The van der Waals surface area contributed by atoms with Gasteiger partial charge in [0.25, 0.3) is 0 Å². The highest BCUT2D eigenvalue weighted by Gasteiger charge is 2.22. The molecule has 18 heavy (non-hydrogen) atoms. The zero-order chi connectivity index (χ0) is 13.2. The van der Waals surface area contributed by atoms with Crippen LogP contribution in [0.4, 0.5) is 0 Å². The fourth-order valence-corrected chi connectivity index (χ4v) is 2.38. The van der Waals surface area contributed by atoms with E-state index in [1.165, 1.54) is 57.8 Å². The van der Waals surface area contributed by atoms with Crippen molar-refractivity contribution in [2.75, 3.05) is 6.54 Å². The molecule has 1 saturated carbocycles. The van der Waals surface area contributed by atoms with Crippen molar-refractivity contribution in [1.82, 2.24) is 5.32 Å². The van der Waals surface area contributed by atoms with Gasteiger partial charge in [-0.25, -0.2) is 0 Å². The summed E-state index contributed by atoms with van der Waals surface area (Å²) in [6.07, 6.45) is 12.6. The van der Waals surface area contributed by atoms with Crippen molar-refractivity contribution < 1.29 is 4.74 Å². The highest BCUT2D eigenvalue weighted by atomic mass is 16.5. The fourth-order valence-electron chi connectivity index (χ4n) is 2.38. The molecule has 2 heteroatoms. The van der Waals surface area contributed by atoms with E-state index in [0.717, 1.165) is 12.6 Å². The fraction of sp³-hybridized carbons (Fsp3) is 1.00. The molecule has 1 aliphatic rings. The van der Waals surface area contributed by atoms with E-state index in [1.54, 1.807) is 0 Å². The van der Waals surface area contributed by atoms with E-state index >= 15 is 0 Å². The summed E-state index contributed by atoms with van der Waals surface area (Å²) in [4.78, 5) is 0. The Labute approximate surface area is 114 Å². The Bertz CT molecular complexity index is 192. The number of unbranched alkanes of at least 4 members (excludes halogenated alkanes) is 3. The molecular formula is C16H33NO. The molecule has 1 fully saturated rings. The molecule has 0 bridgehead atoms. The summed E-state index contributed by atoms with van der Waals surface area (Å²) >= 11 is 0. The minimum Gasteiger partial charge on any atom is -0.374 e. The summed E-state index contributed by atoms with van der Waals surface area (Å²) in [5.41, 5.74) is 0. The molecule has 2 atom stereocenters. The SMILES string of the molecule is CCCCCCC(C)OC(CCC)CNC1CC1. The lowest BCUT2D eigenvalue weighted by atomic mass is 10.1. The smallest absolute Gasteiger partial charge is 0.0703 e. The maximum Gasteiger partial charge on any atom is 0.0703 e. The van der Waals surface area contributed by atoms with E-state index in [9.17, 15) is 0 Å². The van der Waals surface area contributed by atoms with Crippen molar-refractivity contribution in [3.8, 4) is 0 Å². The summed E-state index contributed by atoms with van der Waals surface area (Å²) in [5, 5.41) is 3.60. The number of ether oxygens (including phenoxy) is 1. The summed E-state index contributed by atoms with van der Waals surface area (Å²) in [5.74, 6) is 0. The molecule has 0 aromatic rings. The van der Waals surface area contributed by atoms with Gasteiger partial charge in [-0.15, -0.1) is 0 Å². The third-order valence-electron chi connectivity index (χ3n) is 3.71. The van der Waals surface area contributed by atoms with Gasteiger partial charge in [0, 0.05) is 12.6 Å². The third kappa shape index (κ3) is 8.10. The molecule has 1 aliphatic carbocycles. The van der Waals surface area contributed by atoms with Gasteiger partial charge in [-0.2, -0.15) is 0 Å². The topological polar surface area (TPSA) is 21.3 Å². The number of rotatable bonds is 12. The van der Waals surface area contributed by atoms with Gasteiger partial charge >= 0.3 is 0 Å². The number of hydrogen-bond acceptors (Lipinski definition) is 2. The molecule has 0 saturated heterocycles. The zero-order valence-electron chi connectivity index (χ0n) is 12.7. The average molecular weight is 255 g/mol. The van der Waals surface area contributed by atoms with Crippen LogP contribution in [-0.4, -0.2) is 24.8 Å². The van der Waals surface area contributed by atoms with E-state index in [1.807, 2.05) is 0 Å². The number of hydrogen-bond donors (Lipinski definition) is 1. The zero-order valence-corrected chi connectivity index (χ0v) is 12.7. The minimum absolute atomic E-state index is 0.428. The molecular weight excluding hydrogens is 222 g/mol. The molecule has 0 heterocycles. The van der Waals surface area contributed by atoms with Gasteiger partial charge in [-0.1, -0.05) is 46.0 Å². The van der Waals surface area contributed by atoms with E-state index < -0.39 is 0 Å². The van der Waals surface area contributed by atoms with Crippen LogP contribution < -0.4 is 5.32 Å². The predicted octanol–water partition coefficient (Wildman–Crippen LogP) is 4.28. The van der Waals surface area contributed by atoms with Crippen LogP contribution in [-0.2, 0) is 4.74 Å². The quantitative estimate of drug-likeness (QED) is 0.525. The molecule has 0 amide bonds. The van der Waals surface area contributed by atoms with E-state index in [2.05, 4.69) is 26.1 Å². The molecule has 0 aromatic carbocycles. The first-order chi connectivity index (χ1) is 8.76. The Hall–Kier alpha value is -0.0800. The van der Waals surface area contributed by atoms with E-state index in [4.69, 9.17) is 4.74 Å². The predicted molar refractivity (Wildman–Crippen MR) is 79.0 cm³/mol. The monoisotopic (exact) mass is 255 g/mol. The summed E-state index contributed by atoms with van der Waals surface area (Å²) in [7, 11) is 0. The maximum absolute atomic E-state index is 6.19. The second-order valence-corrected chi connectivity index (χ2v) is 5.89. The van der Waals surface area contributed by atoms with Crippen molar-refractivity contribution in [2.24, 2.45) is 0 Å². The summed E-state index contributed by atoms with van der Waals surface area (Å²) in [6.45, 7) is 7.81. The first-order valence-corrected chi connectivity index (χ1v) is 8.15. The molecule has 2 nitrogen and oxygen atoms in total. The third-order valence-corrected chi connectivity index (χ3v) is 3.71. The Balaban J connectivity index is 2.08. The van der Waals surface area contributed by atoms with Gasteiger partial charge in [-0.3, -0.25) is 0 Å². The molecule has 2 unspecified atom stereocenters. The Morgan fingerprint density at radius 2 is 1.83 bits per heavy atom. The van der Waals surface area contributed by atoms with Gasteiger partial charge < -0.3 is 10.1 Å². The maximum atomic E-state index is 6.19. The van der Waals surface area contributed by atoms with Crippen molar-refractivity contribution in [3.05, 3.63) is 0 Å². The molecule has 0 aromatic heterocycles. The summed E-state index contributed by atoms with van der Waals surface area (Å²) in [6, 6.07) is 0.799. The lowest BCUT2D eigenvalue weighted by Crippen LogP contribution is -2.32. The van der Waals surface area contributed by atoms with E-state index in [-0.39, 0.29) is 0 Å². The van der Waals surface area contributed by atoms with Crippen LogP contribution in [0.3, 0.4) is 0 Å². The van der Waals surface area contributed by atoms with E-state index in [0.29, 0.717) is 12.2 Å². The lowest BCUT2D eigenvalue weighted by molar-refractivity contribution is -0.0111. The van der Waals surface area contributed by atoms with Crippen molar-refractivity contribution in [3.63, 3.8) is 0 Å². The van der Waals surface area contributed by atoms with Gasteiger partial charge in [-0.05, 0) is 32.6 Å². The summed E-state index contributed by atoms with van der Waals surface area (Å²) < 4.78 is 6.19. The van der Waals surface area contributed by atoms with Crippen molar-refractivity contribution >= 4 is 0 Å². The van der Waals surface area contributed by atoms with Crippen molar-refractivity contribution in [1.29, 1.82) is 0 Å². The molecule has 0 radical (unpaired) electrons. The first kappa shape index (κ1) is 16.0. The van der Waals surface area contributed by atoms with Crippen LogP contribution in [0.15, 0.2) is 0 Å². The molecule has 0 spiro atoms. The second kappa shape index (κ2) is 9.80. The molecule has 1 N–H and O–H groups in total. The van der Waals surface area contributed by atoms with Crippen molar-refractivity contribution in [2.45, 2.75) is 96.8 Å². The Morgan fingerprint density at radius 3 is 2.44 bits per heavy atom. The lowest BCUT2D eigenvalue weighted by Gasteiger charge is -2.22. The minimum atomic E-state index is 0.428. The van der Waals surface area contributed by atoms with Gasteiger partial charge in [0.2, 0.25) is 0 Å². The molecule has 108 valence electrons. The van der Waals surface area contributed by atoms with Crippen LogP contribution >= 0.6 is 0 Å². The highest BCUT2D eigenvalue weighted by Crippen LogP contribution is 2.19. The van der Waals surface area contributed by atoms with Crippen LogP contribution in [0, 0.1) is 0 Å². The molecule has 1 rings (SSSR count). The van der Waals surface area contributed by atoms with Crippen LogP contribution in [0.25, 0.3) is 0 Å². The Kier molecular flexibility index (Phi) is 8.70. The van der Waals surface area contributed by atoms with Crippen LogP contribution in [0.5, 0.6) is 0 Å².